The quantitative estimate of drug-likeness (QED) is 0.199. The van der Waals surface area contributed by atoms with Crippen LogP contribution in [0.2, 0.25) is 0 Å². The molecule has 0 heterocycles. The van der Waals surface area contributed by atoms with Crippen LogP contribution in [0.25, 0.3) is 0 Å². The van der Waals surface area contributed by atoms with Gasteiger partial charge in [0.05, 0.1) is 12.0 Å². The lowest BCUT2D eigenvalue weighted by Crippen LogP contribution is -3.00. The second kappa shape index (κ2) is 15.6. The van der Waals surface area contributed by atoms with E-state index in [1.807, 2.05) is 0 Å². The average Bonchev–Trinajstić information content (AvgIpc) is 3.08. The van der Waals surface area contributed by atoms with E-state index in [0.29, 0.717) is 0 Å². The molecule has 214 valence electrons. The smallest absolute Gasteiger partial charge is 0.136 e. The van der Waals surface area contributed by atoms with Crippen molar-refractivity contribution in [2.75, 3.05) is 6.16 Å². The predicted octanol–water partition coefficient (Wildman–Crippen LogP) is 1.50. The maximum atomic E-state index is 2.58. The summed E-state index contributed by atoms with van der Waals surface area (Å²) in [6.45, 7) is 0. The largest absolute Gasteiger partial charge is 1.00 e. The van der Waals surface area contributed by atoms with Gasteiger partial charge >= 0.3 is 0 Å². The number of benzene rings is 6. The van der Waals surface area contributed by atoms with Gasteiger partial charge in [-0.15, -0.1) is 0 Å². The topological polar surface area (TPSA) is 0 Å². The summed E-state index contributed by atoms with van der Waals surface area (Å²) in [4.78, 5) is 0. The first-order valence-corrected chi connectivity index (χ1v) is 18.0. The second-order valence-corrected chi connectivity index (χ2v) is 16.9. The van der Waals surface area contributed by atoms with Crippen molar-refractivity contribution in [3.05, 3.63) is 194 Å². The van der Waals surface area contributed by atoms with E-state index in [9.17, 15) is 0 Å². The van der Waals surface area contributed by atoms with Crippen molar-refractivity contribution in [2.45, 2.75) is 0 Å². The van der Waals surface area contributed by atoms with Crippen LogP contribution >= 0.6 is 14.5 Å². The minimum Gasteiger partial charge on any atom is -1.00 e. The summed E-state index contributed by atoms with van der Waals surface area (Å²) < 4.78 is 0. The second-order valence-electron chi connectivity index (χ2n) is 10.1. The van der Waals surface area contributed by atoms with Crippen LogP contribution in [0.5, 0.6) is 0 Å². The van der Waals surface area contributed by atoms with Crippen molar-refractivity contribution in [3.8, 4) is 0 Å². The van der Waals surface area contributed by atoms with Crippen LogP contribution in [0.15, 0.2) is 194 Å². The zero-order valence-electron chi connectivity index (χ0n) is 23.8. The number of halogens is 2. The van der Waals surface area contributed by atoms with Crippen LogP contribution < -0.4 is 65.8 Å². The number of allylic oxidation sites excluding steroid dienone is 1. The molecule has 0 spiro atoms. The maximum absolute atomic E-state index is 2.58. The normalized spacial score (nSPS) is 11.3. The van der Waals surface area contributed by atoms with Crippen molar-refractivity contribution < 1.29 is 34.0 Å². The lowest BCUT2D eigenvalue weighted by Gasteiger charge is -2.27. The Hall–Kier alpha value is -3.12. The maximum Gasteiger partial charge on any atom is 0.136 e. The van der Waals surface area contributed by atoms with Gasteiger partial charge in [-0.1, -0.05) is 109 Å². The van der Waals surface area contributed by atoms with E-state index in [1.165, 1.54) is 31.8 Å². The molecule has 0 amide bonds. The van der Waals surface area contributed by atoms with Gasteiger partial charge in [-0.2, -0.15) is 0 Å². The molecule has 0 fully saturated rings. The Labute approximate surface area is 278 Å². The number of hydrogen-bond donors (Lipinski definition) is 0. The third-order valence-corrected chi connectivity index (χ3v) is 16.1. The van der Waals surface area contributed by atoms with Crippen molar-refractivity contribution in [2.24, 2.45) is 0 Å². The molecule has 0 nitrogen and oxygen atoms in total. The lowest BCUT2D eigenvalue weighted by atomic mass is 10.4. The van der Waals surface area contributed by atoms with Gasteiger partial charge in [0.15, 0.2) is 0 Å². The van der Waals surface area contributed by atoms with Crippen LogP contribution in [0, 0.1) is 0 Å². The molecule has 0 atom stereocenters. The standard InChI is InChI=1S/C39H34P2.2BrH/c1-7-20-34(21-8-1)40(35-22-9-2-10-23-35,36-24-11-3-12-25-36)32-19-33-41(37-26-13-4-14-27-37,38-28-15-5-16-29-38)39-30-17-6-18-31-39;;/h1-32H,33H2;2*1H/q+2;;/p-2/b32-19+;;. The van der Waals surface area contributed by atoms with Gasteiger partial charge in [-0.3, -0.25) is 0 Å². The van der Waals surface area contributed by atoms with Gasteiger partial charge in [0, 0.05) is 0 Å². The summed E-state index contributed by atoms with van der Waals surface area (Å²) >= 11 is 0. The predicted molar refractivity (Wildman–Crippen MR) is 184 cm³/mol. The molecule has 6 rings (SSSR count). The molecule has 0 N–H and O–H groups in total. The van der Waals surface area contributed by atoms with E-state index in [4.69, 9.17) is 0 Å². The first kappa shape index (κ1) is 32.8. The molecule has 6 aromatic rings. The Kier molecular flexibility index (Phi) is 11.9. The van der Waals surface area contributed by atoms with Gasteiger partial charge in [0.25, 0.3) is 0 Å². The molecule has 0 aromatic heterocycles. The Morgan fingerprint density at radius 2 is 0.558 bits per heavy atom. The van der Waals surface area contributed by atoms with E-state index in [2.05, 4.69) is 194 Å². The first-order chi connectivity index (χ1) is 20.3. The summed E-state index contributed by atoms with van der Waals surface area (Å²) in [7, 11) is -4.06. The lowest BCUT2D eigenvalue weighted by molar-refractivity contribution is -0.00100. The van der Waals surface area contributed by atoms with Crippen LogP contribution in [-0.4, -0.2) is 6.16 Å². The summed E-state index contributed by atoms with van der Waals surface area (Å²) in [5.74, 6) is 2.58. The van der Waals surface area contributed by atoms with Crippen molar-refractivity contribution in [1.82, 2.24) is 0 Å². The third-order valence-electron chi connectivity index (χ3n) is 7.79. The van der Waals surface area contributed by atoms with E-state index in [-0.39, 0.29) is 34.0 Å². The zero-order valence-corrected chi connectivity index (χ0v) is 28.8. The fraction of sp³-hybridized carbons (Fsp3) is 0.0256. The minimum absolute atomic E-state index is 0. The van der Waals surface area contributed by atoms with Gasteiger partial charge in [0.1, 0.15) is 46.4 Å². The highest BCUT2D eigenvalue weighted by molar-refractivity contribution is 7.98. The summed E-state index contributed by atoms with van der Waals surface area (Å²) in [5, 5.41) is 8.34. The summed E-state index contributed by atoms with van der Waals surface area (Å²) in [6.07, 6.45) is 3.46. The third kappa shape index (κ3) is 6.69. The SMILES string of the molecule is C(=C\[P+](c1ccccc1)(c1ccccc1)c1ccccc1)/C[P+](c1ccccc1)(c1ccccc1)c1ccccc1.[Br-].[Br-]. The van der Waals surface area contributed by atoms with E-state index >= 15 is 0 Å². The molecule has 0 radical (unpaired) electrons. The van der Waals surface area contributed by atoms with E-state index in [1.54, 1.807) is 0 Å². The molecule has 6 aromatic carbocycles. The molecule has 43 heavy (non-hydrogen) atoms. The molecule has 0 aliphatic carbocycles. The molecule has 0 aliphatic heterocycles. The molecule has 0 bridgehead atoms. The molecule has 0 saturated heterocycles. The van der Waals surface area contributed by atoms with Crippen molar-refractivity contribution in [3.63, 3.8) is 0 Å². The van der Waals surface area contributed by atoms with Gasteiger partial charge < -0.3 is 34.0 Å². The monoisotopic (exact) mass is 722 g/mol. The van der Waals surface area contributed by atoms with E-state index < -0.39 is 14.5 Å². The van der Waals surface area contributed by atoms with Gasteiger partial charge in [-0.05, 0) is 78.9 Å². The van der Waals surface area contributed by atoms with Crippen LogP contribution in [0.1, 0.15) is 0 Å². The van der Waals surface area contributed by atoms with Crippen molar-refractivity contribution >= 4 is 46.4 Å². The van der Waals surface area contributed by atoms with E-state index in [0.717, 1.165) is 6.16 Å². The molecule has 4 heteroatoms. The van der Waals surface area contributed by atoms with Gasteiger partial charge in [-0.25, -0.2) is 0 Å². The Balaban J connectivity index is 0.00000212. The van der Waals surface area contributed by atoms with Crippen LogP contribution in [-0.2, 0) is 0 Å². The Morgan fingerprint density at radius 3 is 0.814 bits per heavy atom. The highest BCUT2D eigenvalue weighted by Gasteiger charge is 2.47. The average molecular weight is 724 g/mol. The molecule has 0 aliphatic rings. The molecular formula is C39H34Br2P2. The first-order valence-electron chi connectivity index (χ1n) is 14.1. The van der Waals surface area contributed by atoms with Crippen LogP contribution in [0.4, 0.5) is 0 Å². The number of rotatable bonds is 9. The highest BCUT2D eigenvalue weighted by Crippen LogP contribution is 2.59. The molecule has 0 unspecified atom stereocenters. The fourth-order valence-electron chi connectivity index (χ4n) is 5.87. The van der Waals surface area contributed by atoms with Gasteiger partial charge in [0.2, 0.25) is 0 Å². The summed E-state index contributed by atoms with van der Waals surface area (Å²) in [5.41, 5.74) is 0. The Morgan fingerprint density at radius 1 is 0.326 bits per heavy atom. The Bertz CT molecular complexity index is 1480. The molecular weight excluding hydrogens is 690 g/mol. The number of hydrogen-bond acceptors (Lipinski definition) is 0. The zero-order chi connectivity index (χ0) is 27.8. The molecule has 0 saturated carbocycles. The highest BCUT2D eigenvalue weighted by atomic mass is 79.9. The van der Waals surface area contributed by atoms with Crippen LogP contribution in [0.3, 0.4) is 0 Å². The minimum atomic E-state index is -2.08. The summed E-state index contributed by atoms with van der Waals surface area (Å²) in [6, 6.07) is 66.8. The van der Waals surface area contributed by atoms with Crippen molar-refractivity contribution in [1.29, 1.82) is 0 Å². The fourth-order valence-corrected chi connectivity index (χ4v) is 13.8.